The van der Waals surface area contributed by atoms with Gasteiger partial charge < -0.3 is 10.0 Å². The van der Waals surface area contributed by atoms with Crippen LogP contribution in [-0.4, -0.2) is 68.6 Å². The van der Waals surface area contributed by atoms with Crippen LogP contribution in [0.25, 0.3) is 0 Å². The number of nitrogens with zero attached hydrogens (tertiary/aromatic N) is 3. The molecule has 24 heavy (non-hydrogen) atoms. The molecule has 1 saturated carbocycles. The zero-order chi connectivity index (χ0) is 17.9. The molecule has 2 rings (SSSR count). The Labute approximate surface area is 142 Å². The van der Waals surface area contributed by atoms with Crippen LogP contribution in [0.15, 0.2) is 23.2 Å². The van der Waals surface area contributed by atoms with E-state index in [4.69, 9.17) is 5.11 Å². The first-order chi connectivity index (χ1) is 11.2. The number of likely N-dealkylation sites (N-methyl/N-ethyl adjacent to an activating group) is 1. The molecular formula is C15H24N4O4S. The molecule has 0 bridgehead atoms. The Balaban J connectivity index is 1.93. The molecule has 0 unspecified atom stereocenters. The van der Waals surface area contributed by atoms with Crippen molar-refractivity contribution >= 4 is 21.8 Å². The summed E-state index contributed by atoms with van der Waals surface area (Å²) in [4.78, 5) is 18.7. The van der Waals surface area contributed by atoms with Crippen LogP contribution in [0.3, 0.4) is 0 Å². The van der Waals surface area contributed by atoms with Gasteiger partial charge in [0, 0.05) is 32.4 Å². The maximum absolute atomic E-state index is 12.4. The summed E-state index contributed by atoms with van der Waals surface area (Å²) in [5.74, 6) is -0.183. The fourth-order valence-electron chi connectivity index (χ4n) is 2.74. The van der Waals surface area contributed by atoms with Crippen LogP contribution in [0.1, 0.15) is 19.8 Å². The molecule has 1 aliphatic rings. The van der Waals surface area contributed by atoms with Gasteiger partial charge in [-0.2, -0.15) is 0 Å². The molecule has 9 heteroatoms. The van der Waals surface area contributed by atoms with Gasteiger partial charge in [0.05, 0.1) is 6.54 Å². The Hall–Kier alpha value is -1.71. The van der Waals surface area contributed by atoms with Gasteiger partial charge in [-0.1, -0.05) is 6.92 Å². The number of carbonyl (C=O) groups is 1. The quantitative estimate of drug-likeness (QED) is 0.693. The third-order valence-electron chi connectivity index (χ3n) is 4.19. The predicted octanol–water partition coefficient (Wildman–Crippen LogP) is 0.363. The molecule has 0 radical (unpaired) electrons. The molecule has 0 aliphatic heterocycles. The van der Waals surface area contributed by atoms with Crippen molar-refractivity contribution in [3.05, 3.63) is 18.3 Å². The van der Waals surface area contributed by atoms with Crippen molar-refractivity contribution in [2.45, 2.75) is 36.7 Å². The second-order valence-electron chi connectivity index (χ2n) is 6.15. The number of anilines is 1. The fraction of sp³-hybridized carbons (Fsp3) is 0.600. The Morgan fingerprint density at radius 2 is 2.04 bits per heavy atom. The minimum atomic E-state index is -3.61. The predicted molar refractivity (Wildman–Crippen MR) is 90.6 cm³/mol. The first-order valence-corrected chi connectivity index (χ1v) is 9.32. The van der Waals surface area contributed by atoms with E-state index in [0.717, 1.165) is 0 Å². The van der Waals surface area contributed by atoms with E-state index in [1.165, 1.54) is 12.3 Å². The summed E-state index contributed by atoms with van der Waals surface area (Å²) >= 11 is 0. The number of aromatic nitrogens is 1. The first-order valence-electron chi connectivity index (χ1n) is 7.84. The number of hydrogen-bond donors (Lipinski definition) is 2. The molecule has 8 nitrogen and oxygen atoms in total. The molecule has 2 N–H and O–H groups in total. The minimum Gasteiger partial charge on any atom is -0.480 e. The van der Waals surface area contributed by atoms with Crippen LogP contribution in [0.5, 0.6) is 0 Å². The van der Waals surface area contributed by atoms with Crippen LogP contribution in [0.2, 0.25) is 0 Å². The SMILES string of the molecule is CCN(CC(=O)O)C1CC(NS(=O)(=O)c2ccc(N(C)C)nc2)C1. The standard InChI is InChI=1S/C15H24N4O4S/c1-4-19(10-15(20)21)12-7-11(8-12)17-24(22,23)13-5-6-14(16-9-13)18(2)3/h5-6,9,11-12,17H,4,7-8,10H2,1-3H3,(H,20,21). The smallest absolute Gasteiger partial charge is 0.317 e. The zero-order valence-corrected chi connectivity index (χ0v) is 15.0. The summed E-state index contributed by atoms with van der Waals surface area (Å²) in [6, 6.07) is 3.12. The maximum atomic E-state index is 12.4. The number of nitrogens with one attached hydrogen (secondary N) is 1. The average molecular weight is 356 g/mol. The molecule has 0 saturated heterocycles. The zero-order valence-electron chi connectivity index (χ0n) is 14.1. The van der Waals surface area contributed by atoms with E-state index in [9.17, 15) is 13.2 Å². The molecule has 1 aromatic rings. The Bertz CT molecular complexity index is 669. The lowest BCUT2D eigenvalue weighted by molar-refractivity contribution is -0.139. The lowest BCUT2D eigenvalue weighted by atomic mass is 9.86. The highest BCUT2D eigenvalue weighted by Gasteiger charge is 2.36. The third-order valence-corrected chi connectivity index (χ3v) is 5.69. The van der Waals surface area contributed by atoms with E-state index in [-0.39, 0.29) is 23.5 Å². The van der Waals surface area contributed by atoms with Crippen molar-refractivity contribution in [3.63, 3.8) is 0 Å². The number of carboxylic acid groups (broad SMARTS) is 1. The summed E-state index contributed by atoms with van der Waals surface area (Å²) in [5.41, 5.74) is 0. The van der Waals surface area contributed by atoms with Gasteiger partial charge in [-0.15, -0.1) is 0 Å². The maximum Gasteiger partial charge on any atom is 0.317 e. The lowest BCUT2D eigenvalue weighted by Gasteiger charge is -2.42. The topological polar surface area (TPSA) is 103 Å². The molecule has 1 heterocycles. The van der Waals surface area contributed by atoms with Crippen molar-refractivity contribution in [2.75, 3.05) is 32.1 Å². The van der Waals surface area contributed by atoms with Gasteiger partial charge in [-0.3, -0.25) is 9.69 Å². The molecule has 0 aromatic carbocycles. The Morgan fingerprint density at radius 3 is 2.50 bits per heavy atom. The van der Waals surface area contributed by atoms with E-state index < -0.39 is 16.0 Å². The summed E-state index contributed by atoms with van der Waals surface area (Å²) in [6.45, 7) is 2.52. The number of rotatable bonds is 8. The number of pyridine rings is 1. The highest BCUT2D eigenvalue weighted by Crippen LogP contribution is 2.27. The summed E-state index contributed by atoms with van der Waals surface area (Å²) < 4.78 is 27.4. The van der Waals surface area contributed by atoms with Gasteiger partial charge in [-0.25, -0.2) is 18.1 Å². The van der Waals surface area contributed by atoms with Gasteiger partial charge in [-0.05, 0) is 31.5 Å². The van der Waals surface area contributed by atoms with E-state index in [1.54, 1.807) is 11.0 Å². The molecule has 1 aromatic heterocycles. The van der Waals surface area contributed by atoms with E-state index in [2.05, 4.69) is 9.71 Å². The molecule has 1 aliphatic carbocycles. The number of hydrogen-bond acceptors (Lipinski definition) is 6. The molecule has 134 valence electrons. The monoisotopic (exact) mass is 356 g/mol. The fourth-order valence-corrected chi connectivity index (χ4v) is 3.94. The summed E-state index contributed by atoms with van der Waals surface area (Å²) in [6.07, 6.45) is 2.57. The van der Waals surface area contributed by atoms with Crippen LogP contribution < -0.4 is 9.62 Å². The molecule has 0 amide bonds. The number of sulfonamides is 1. The van der Waals surface area contributed by atoms with E-state index in [0.29, 0.717) is 25.2 Å². The van der Waals surface area contributed by atoms with Crippen molar-refractivity contribution < 1.29 is 18.3 Å². The summed E-state index contributed by atoms with van der Waals surface area (Å²) in [7, 11) is 0.0588. The van der Waals surface area contributed by atoms with Crippen molar-refractivity contribution in [1.29, 1.82) is 0 Å². The Morgan fingerprint density at radius 1 is 1.38 bits per heavy atom. The molecular weight excluding hydrogens is 332 g/mol. The van der Waals surface area contributed by atoms with Crippen molar-refractivity contribution in [1.82, 2.24) is 14.6 Å². The number of aliphatic carboxylic acids is 1. The largest absolute Gasteiger partial charge is 0.480 e. The third kappa shape index (κ3) is 4.43. The highest BCUT2D eigenvalue weighted by molar-refractivity contribution is 7.89. The normalized spacial score (nSPS) is 20.7. The minimum absolute atomic E-state index is 0.0173. The van der Waals surface area contributed by atoms with Gasteiger partial charge in [0.15, 0.2) is 0 Å². The highest BCUT2D eigenvalue weighted by atomic mass is 32.2. The molecule has 0 spiro atoms. The lowest BCUT2D eigenvalue weighted by Crippen LogP contribution is -2.54. The molecule has 0 atom stereocenters. The van der Waals surface area contributed by atoms with Crippen LogP contribution in [-0.2, 0) is 14.8 Å². The van der Waals surface area contributed by atoms with Gasteiger partial charge in [0.2, 0.25) is 10.0 Å². The van der Waals surface area contributed by atoms with Crippen LogP contribution in [0, 0.1) is 0 Å². The average Bonchev–Trinajstić information content (AvgIpc) is 2.48. The number of carboxylic acids is 1. The van der Waals surface area contributed by atoms with Gasteiger partial charge in [0.25, 0.3) is 0 Å². The second kappa shape index (κ2) is 7.45. The second-order valence-corrected chi connectivity index (χ2v) is 7.86. The molecule has 1 fully saturated rings. The van der Waals surface area contributed by atoms with Gasteiger partial charge in [0.1, 0.15) is 10.7 Å². The van der Waals surface area contributed by atoms with E-state index in [1.807, 2.05) is 25.9 Å². The first kappa shape index (κ1) is 18.6. The van der Waals surface area contributed by atoms with Crippen LogP contribution >= 0.6 is 0 Å². The van der Waals surface area contributed by atoms with E-state index >= 15 is 0 Å². The van der Waals surface area contributed by atoms with Crippen molar-refractivity contribution in [3.8, 4) is 0 Å². The Kier molecular flexibility index (Phi) is 5.79. The summed E-state index contributed by atoms with van der Waals surface area (Å²) in [5, 5.41) is 8.88. The van der Waals surface area contributed by atoms with Crippen LogP contribution in [0.4, 0.5) is 5.82 Å². The van der Waals surface area contributed by atoms with Gasteiger partial charge >= 0.3 is 5.97 Å². The van der Waals surface area contributed by atoms with Crippen molar-refractivity contribution in [2.24, 2.45) is 0 Å².